The maximum Gasteiger partial charge on any atom is 0.211 e. The molecule has 0 aromatic heterocycles. The molecule has 0 heterocycles. The van der Waals surface area contributed by atoms with E-state index >= 15 is 0 Å². The van der Waals surface area contributed by atoms with Gasteiger partial charge in [-0.3, -0.25) is 0 Å². The zero-order chi connectivity index (χ0) is 10.9. The Morgan fingerprint density at radius 2 is 2.00 bits per heavy atom. The summed E-state index contributed by atoms with van der Waals surface area (Å²) in [6, 6.07) is 0. The third-order valence-electron chi connectivity index (χ3n) is 3.55. The van der Waals surface area contributed by atoms with Crippen LogP contribution in [0.25, 0.3) is 0 Å². The highest BCUT2D eigenvalue weighted by Gasteiger charge is 2.53. The number of hydrogen-bond acceptors (Lipinski definition) is 3. The normalized spacial score (nSPS) is 24.1. The van der Waals surface area contributed by atoms with Gasteiger partial charge in [-0.2, -0.15) is 0 Å². The van der Waals surface area contributed by atoms with Gasteiger partial charge in [0.1, 0.15) is 0 Å². The monoisotopic (exact) mass is 233 g/mol. The zero-order valence-corrected chi connectivity index (χ0v) is 9.72. The van der Waals surface area contributed by atoms with Gasteiger partial charge >= 0.3 is 0 Å². The first-order chi connectivity index (χ1) is 7.08. The molecule has 2 fully saturated rings. The Bertz CT molecular complexity index is 318. The second-order valence-electron chi connectivity index (χ2n) is 4.85. The first kappa shape index (κ1) is 11.4. The molecule has 4 nitrogen and oxygen atoms in total. The van der Waals surface area contributed by atoms with Crippen molar-refractivity contribution in [1.29, 1.82) is 0 Å². The Morgan fingerprint density at radius 1 is 1.33 bits per heavy atom. The fourth-order valence-corrected chi connectivity index (χ4v) is 3.33. The Labute approximate surface area is 91.1 Å². The minimum atomic E-state index is -3.15. The highest BCUT2D eigenvalue weighted by molar-refractivity contribution is 7.89. The molecule has 0 aromatic carbocycles. The lowest BCUT2D eigenvalue weighted by Crippen LogP contribution is -2.33. The third kappa shape index (κ3) is 2.92. The van der Waals surface area contributed by atoms with Crippen molar-refractivity contribution >= 4 is 10.0 Å². The summed E-state index contributed by atoms with van der Waals surface area (Å²) in [5.41, 5.74) is 0.312. The van der Waals surface area contributed by atoms with Gasteiger partial charge in [-0.05, 0) is 43.4 Å². The molecule has 2 rings (SSSR count). The molecule has 2 N–H and O–H groups in total. The highest BCUT2D eigenvalue weighted by atomic mass is 32.2. The van der Waals surface area contributed by atoms with E-state index in [9.17, 15) is 8.42 Å². The Hall–Kier alpha value is -0.130. The highest BCUT2D eigenvalue weighted by Crippen LogP contribution is 2.60. The van der Waals surface area contributed by atoms with Gasteiger partial charge in [-0.1, -0.05) is 0 Å². The van der Waals surface area contributed by atoms with E-state index in [2.05, 4.69) is 4.72 Å². The zero-order valence-electron chi connectivity index (χ0n) is 8.91. The molecule has 0 saturated heterocycles. The molecule has 0 radical (unpaired) electrons. The number of hydrogen-bond donors (Lipinski definition) is 2. The van der Waals surface area contributed by atoms with E-state index < -0.39 is 10.0 Å². The van der Waals surface area contributed by atoms with Gasteiger partial charge < -0.3 is 5.11 Å². The number of aliphatic hydroxyl groups is 1. The van der Waals surface area contributed by atoms with Crippen LogP contribution in [-0.2, 0) is 10.0 Å². The van der Waals surface area contributed by atoms with Crippen molar-refractivity contribution in [2.45, 2.75) is 32.1 Å². The average molecular weight is 233 g/mol. The average Bonchev–Trinajstić information content (AvgIpc) is 3.02. The Morgan fingerprint density at radius 3 is 2.47 bits per heavy atom. The lowest BCUT2D eigenvalue weighted by Gasteiger charge is -2.14. The molecule has 88 valence electrons. The molecule has 0 atom stereocenters. The molecule has 0 unspecified atom stereocenters. The maximum atomic E-state index is 11.5. The van der Waals surface area contributed by atoms with Gasteiger partial charge in [0.05, 0.1) is 5.75 Å². The maximum absolute atomic E-state index is 11.5. The molecular weight excluding hydrogens is 214 g/mol. The summed E-state index contributed by atoms with van der Waals surface area (Å²) >= 11 is 0. The van der Waals surface area contributed by atoms with Crippen LogP contribution in [0.15, 0.2) is 0 Å². The lowest BCUT2D eigenvalue weighted by atomic mass is 10.0. The van der Waals surface area contributed by atoms with E-state index in [1.165, 1.54) is 25.7 Å². The number of rotatable bonds is 7. The first-order valence-electron chi connectivity index (χ1n) is 5.66. The quantitative estimate of drug-likeness (QED) is 0.672. The molecule has 0 aliphatic heterocycles. The van der Waals surface area contributed by atoms with Gasteiger partial charge in [-0.15, -0.1) is 0 Å². The van der Waals surface area contributed by atoms with Gasteiger partial charge in [0, 0.05) is 13.2 Å². The topological polar surface area (TPSA) is 66.4 Å². The summed E-state index contributed by atoms with van der Waals surface area (Å²) in [5.74, 6) is 0.822. The summed E-state index contributed by atoms with van der Waals surface area (Å²) in [4.78, 5) is 0. The van der Waals surface area contributed by atoms with E-state index in [0.29, 0.717) is 18.4 Å². The van der Waals surface area contributed by atoms with Gasteiger partial charge in [-0.25, -0.2) is 13.1 Å². The SMILES string of the molecule is O=S(=O)(CCCO)NCC1(C2CC2)CC1. The van der Waals surface area contributed by atoms with E-state index in [4.69, 9.17) is 5.11 Å². The number of nitrogens with one attached hydrogen (secondary N) is 1. The van der Waals surface area contributed by atoms with Crippen LogP contribution in [0.5, 0.6) is 0 Å². The largest absolute Gasteiger partial charge is 0.396 e. The van der Waals surface area contributed by atoms with Crippen molar-refractivity contribution in [3.8, 4) is 0 Å². The van der Waals surface area contributed by atoms with Crippen LogP contribution in [0.3, 0.4) is 0 Å². The Balaban J connectivity index is 1.77. The van der Waals surface area contributed by atoms with Gasteiger partial charge in [0.2, 0.25) is 10.0 Å². The third-order valence-corrected chi connectivity index (χ3v) is 4.96. The van der Waals surface area contributed by atoms with Crippen molar-refractivity contribution in [3.63, 3.8) is 0 Å². The molecule has 15 heavy (non-hydrogen) atoms. The minimum absolute atomic E-state index is 0.0459. The smallest absolute Gasteiger partial charge is 0.211 e. The Kier molecular flexibility index (Phi) is 3.05. The van der Waals surface area contributed by atoms with Crippen molar-refractivity contribution < 1.29 is 13.5 Å². The molecule has 0 bridgehead atoms. The van der Waals surface area contributed by atoms with Crippen LogP contribution in [0.1, 0.15) is 32.1 Å². The fraction of sp³-hybridized carbons (Fsp3) is 1.00. The van der Waals surface area contributed by atoms with E-state index in [1.54, 1.807) is 0 Å². The second kappa shape index (κ2) is 4.03. The molecule has 2 aliphatic carbocycles. The van der Waals surface area contributed by atoms with Crippen molar-refractivity contribution in [2.24, 2.45) is 11.3 Å². The molecule has 2 saturated carbocycles. The summed E-state index contributed by atoms with van der Waals surface area (Å²) in [6.45, 7) is 0.556. The molecule has 0 aromatic rings. The van der Waals surface area contributed by atoms with Crippen LogP contribution in [-0.4, -0.2) is 32.4 Å². The predicted octanol–water partition coefficient (Wildman–Crippen LogP) is 0.478. The summed E-state index contributed by atoms with van der Waals surface area (Å²) in [6.07, 6.45) is 5.24. The molecule has 2 aliphatic rings. The minimum Gasteiger partial charge on any atom is -0.396 e. The van der Waals surface area contributed by atoms with Crippen molar-refractivity contribution in [2.75, 3.05) is 18.9 Å². The van der Waals surface area contributed by atoms with E-state index in [0.717, 1.165) is 5.92 Å². The fourth-order valence-electron chi connectivity index (χ4n) is 2.17. The van der Waals surface area contributed by atoms with Crippen LogP contribution in [0, 0.1) is 11.3 Å². The molecule has 0 spiro atoms. The van der Waals surface area contributed by atoms with Crippen LogP contribution >= 0.6 is 0 Å². The predicted molar refractivity (Wildman–Crippen MR) is 57.9 cm³/mol. The lowest BCUT2D eigenvalue weighted by molar-refractivity contribution is 0.295. The summed E-state index contributed by atoms with van der Waals surface area (Å²) in [5, 5.41) is 8.58. The number of sulfonamides is 1. The van der Waals surface area contributed by atoms with Crippen LogP contribution in [0.2, 0.25) is 0 Å². The standard InChI is InChI=1S/C10H19NO3S/c12-6-1-7-15(13,14)11-8-10(4-5-10)9-2-3-9/h9,11-12H,1-8H2. The van der Waals surface area contributed by atoms with Gasteiger partial charge in [0.25, 0.3) is 0 Å². The summed E-state index contributed by atoms with van der Waals surface area (Å²) < 4.78 is 25.6. The second-order valence-corrected chi connectivity index (χ2v) is 6.78. The molecule has 0 amide bonds. The molecule has 5 heteroatoms. The van der Waals surface area contributed by atoms with Crippen molar-refractivity contribution in [1.82, 2.24) is 4.72 Å². The van der Waals surface area contributed by atoms with Crippen molar-refractivity contribution in [3.05, 3.63) is 0 Å². The summed E-state index contributed by atoms with van der Waals surface area (Å²) in [7, 11) is -3.15. The molecular formula is C10H19NO3S. The first-order valence-corrected chi connectivity index (χ1v) is 7.31. The van der Waals surface area contributed by atoms with Crippen LogP contribution in [0.4, 0.5) is 0 Å². The van der Waals surface area contributed by atoms with E-state index in [1.807, 2.05) is 0 Å². The van der Waals surface area contributed by atoms with Gasteiger partial charge in [0.15, 0.2) is 0 Å². The number of aliphatic hydroxyl groups excluding tert-OH is 1. The van der Waals surface area contributed by atoms with Crippen LogP contribution < -0.4 is 4.72 Å². The van der Waals surface area contributed by atoms with E-state index in [-0.39, 0.29) is 12.4 Å².